The fourth-order valence-electron chi connectivity index (χ4n) is 4.69. The number of H-pyrrole nitrogens is 1. The number of likely N-dealkylation sites (tertiary alicyclic amines) is 1. The molecular weight excluding hydrogens is 350 g/mol. The molecule has 142 valence electrons. The van der Waals surface area contributed by atoms with E-state index in [-0.39, 0.29) is 11.3 Å². The van der Waals surface area contributed by atoms with Gasteiger partial charge in [-0.05, 0) is 38.2 Å². The Balaban J connectivity index is 1.49. The molecule has 1 atom stereocenters. The van der Waals surface area contributed by atoms with Gasteiger partial charge in [0.2, 0.25) is 0 Å². The predicted molar refractivity (Wildman–Crippen MR) is 106 cm³/mol. The highest BCUT2D eigenvalue weighted by Crippen LogP contribution is 2.44. The lowest BCUT2D eigenvalue weighted by atomic mass is 9.77. The largest absolute Gasteiger partial charge is 0.348 e. The van der Waals surface area contributed by atoms with Gasteiger partial charge in [-0.15, -0.1) is 0 Å². The molecule has 1 spiro atoms. The zero-order valence-electron chi connectivity index (χ0n) is 16.0. The fraction of sp³-hybridized carbons (Fsp3) is 0.364. The number of aryl methyl sites for hydroxylation is 2. The molecule has 3 aromatic rings. The van der Waals surface area contributed by atoms with Crippen LogP contribution in [0.25, 0.3) is 11.4 Å². The molecule has 1 unspecified atom stereocenters. The van der Waals surface area contributed by atoms with Gasteiger partial charge in [-0.25, -0.2) is 15.0 Å². The zero-order valence-corrected chi connectivity index (χ0v) is 16.0. The molecule has 0 bridgehead atoms. The molecule has 1 aliphatic carbocycles. The van der Waals surface area contributed by atoms with Gasteiger partial charge in [0.1, 0.15) is 5.69 Å². The van der Waals surface area contributed by atoms with Crippen molar-refractivity contribution in [3.05, 3.63) is 65.5 Å². The van der Waals surface area contributed by atoms with Gasteiger partial charge in [0.15, 0.2) is 5.82 Å². The van der Waals surface area contributed by atoms with Crippen LogP contribution in [-0.2, 0) is 11.8 Å². The third-order valence-corrected chi connectivity index (χ3v) is 6.17. The minimum absolute atomic E-state index is 0.0172. The second-order valence-corrected chi connectivity index (χ2v) is 7.92. The Morgan fingerprint density at radius 1 is 1.18 bits per heavy atom. The van der Waals surface area contributed by atoms with E-state index in [2.05, 4.69) is 15.0 Å². The number of aromatic nitrogens is 4. The highest BCUT2D eigenvalue weighted by atomic mass is 16.2. The smallest absolute Gasteiger partial charge is 0.274 e. The predicted octanol–water partition coefficient (Wildman–Crippen LogP) is 3.30. The van der Waals surface area contributed by atoms with Crippen LogP contribution in [0.1, 0.15) is 46.7 Å². The summed E-state index contributed by atoms with van der Waals surface area (Å²) < 4.78 is 0. The molecule has 6 nitrogen and oxygen atoms in total. The second kappa shape index (κ2) is 6.55. The van der Waals surface area contributed by atoms with Gasteiger partial charge in [-0.3, -0.25) is 4.79 Å². The Morgan fingerprint density at radius 3 is 2.82 bits per heavy atom. The summed E-state index contributed by atoms with van der Waals surface area (Å²) in [7, 11) is 0. The molecule has 1 amide bonds. The first-order valence-electron chi connectivity index (χ1n) is 9.87. The van der Waals surface area contributed by atoms with Gasteiger partial charge >= 0.3 is 0 Å². The van der Waals surface area contributed by atoms with Crippen molar-refractivity contribution in [1.82, 2.24) is 24.8 Å². The number of imidazole rings is 1. The molecule has 0 radical (unpaired) electrons. The molecule has 1 aromatic carbocycles. The van der Waals surface area contributed by atoms with Crippen LogP contribution in [-0.4, -0.2) is 43.8 Å². The normalized spacial score (nSPS) is 21.1. The van der Waals surface area contributed by atoms with Crippen LogP contribution in [0.3, 0.4) is 0 Å². The number of hydrogen-bond donors (Lipinski definition) is 1. The molecule has 5 rings (SSSR count). The quantitative estimate of drug-likeness (QED) is 0.748. The second-order valence-electron chi connectivity index (χ2n) is 7.92. The summed E-state index contributed by atoms with van der Waals surface area (Å²) >= 11 is 0. The number of fused-ring (bicyclic) bond motifs is 2. The van der Waals surface area contributed by atoms with Crippen molar-refractivity contribution in [1.29, 1.82) is 0 Å². The summed E-state index contributed by atoms with van der Waals surface area (Å²) in [6.07, 6.45) is 7.63. The number of carbonyl (C=O) groups excluding carboxylic acids is 1. The molecule has 2 aromatic heterocycles. The lowest BCUT2D eigenvalue weighted by Crippen LogP contribution is -2.48. The molecular formula is C22H23N5O. The van der Waals surface area contributed by atoms with Gasteiger partial charge in [0.25, 0.3) is 5.91 Å². The first kappa shape index (κ1) is 17.1. The summed E-state index contributed by atoms with van der Waals surface area (Å²) in [6, 6.07) is 10.1. The van der Waals surface area contributed by atoms with Crippen molar-refractivity contribution in [2.45, 2.75) is 38.0 Å². The van der Waals surface area contributed by atoms with E-state index in [9.17, 15) is 4.79 Å². The number of hydrogen-bond acceptors (Lipinski definition) is 4. The Bertz CT molecular complexity index is 1020. The third-order valence-electron chi connectivity index (χ3n) is 6.17. The molecule has 2 aliphatic rings. The summed E-state index contributed by atoms with van der Waals surface area (Å²) in [6.45, 7) is 3.37. The van der Waals surface area contributed by atoms with E-state index in [1.807, 2.05) is 48.4 Å². The minimum Gasteiger partial charge on any atom is -0.348 e. The minimum atomic E-state index is -0.0695. The molecule has 3 heterocycles. The van der Waals surface area contributed by atoms with E-state index >= 15 is 0 Å². The van der Waals surface area contributed by atoms with E-state index in [4.69, 9.17) is 4.98 Å². The summed E-state index contributed by atoms with van der Waals surface area (Å²) in [5, 5.41) is 0. The Kier molecular flexibility index (Phi) is 4.00. The van der Waals surface area contributed by atoms with Crippen LogP contribution in [0.5, 0.6) is 0 Å². The van der Waals surface area contributed by atoms with Gasteiger partial charge in [0.05, 0.1) is 12.0 Å². The average molecular weight is 373 g/mol. The van der Waals surface area contributed by atoms with Crippen molar-refractivity contribution < 1.29 is 4.79 Å². The Labute approximate surface area is 164 Å². The highest BCUT2D eigenvalue weighted by Gasteiger charge is 2.45. The molecule has 28 heavy (non-hydrogen) atoms. The van der Waals surface area contributed by atoms with Crippen molar-refractivity contribution in [2.24, 2.45) is 0 Å². The topological polar surface area (TPSA) is 74.8 Å². The monoisotopic (exact) mass is 373 g/mol. The molecule has 1 saturated heterocycles. The Hall–Kier alpha value is -3.02. The first-order valence-corrected chi connectivity index (χ1v) is 9.87. The van der Waals surface area contributed by atoms with E-state index in [0.717, 1.165) is 55.0 Å². The maximum absolute atomic E-state index is 13.0. The highest BCUT2D eigenvalue weighted by molar-refractivity contribution is 5.93. The molecule has 1 fully saturated rings. The first-order chi connectivity index (χ1) is 13.7. The van der Waals surface area contributed by atoms with Gasteiger partial charge in [-0.2, -0.15) is 0 Å². The fourth-order valence-corrected chi connectivity index (χ4v) is 4.69. The molecule has 0 saturated carbocycles. The van der Waals surface area contributed by atoms with Crippen molar-refractivity contribution in [2.75, 3.05) is 13.1 Å². The standard InChI is InChI=1S/C22H23N5O/c1-15-18(25-14-24-15)21(28)27-11-5-9-22(13-27)10-8-17-12-23-20(26-19(17)22)16-6-3-2-4-7-16/h2-4,6-7,12,14H,5,8-11,13H2,1H3,(H,24,25). The third kappa shape index (κ3) is 2.71. The van der Waals surface area contributed by atoms with E-state index in [1.165, 1.54) is 5.56 Å². The van der Waals surface area contributed by atoms with Crippen LogP contribution >= 0.6 is 0 Å². The van der Waals surface area contributed by atoms with Crippen molar-refractivity contribution in [3.8, 4) is 11.4 Å². The van der Waals surface area contributed by atoms with Gasteiger partial charge in [-0.1, -0.05) is 30.3 Å². The number of nitrogens with zero attached hydrogens (tertiary/aromatic N) is 4. The van der Waals surface area contributed by atoms with Gasteiger partial charge < -0.3 is 9.88 Å². The van der Waals surface area contributed by atoms with Crippen LogP contribution in [0.2, 0.25) is 0 Å². The van der Waals surface area contributed by atoms with Crippen LogP contribution < -0.4 is 0 Å². The number of nitrogens with one attached hydrogen (secondary N) is 1. The van der Waals surface area contributed by atoms with Crippen LogP contribution in [0.15, 0.2) is 42.9 Å². The lowest BCUT2D eigenvalue weighted by molar-refractivity contribution is 0.0627. The number of amides is 1. The van der Waals surface area contributed by atoms with Crippen molar-refractivity contribution in [3.63, 3.8) is 0 Å². The number of carbonyl (C=O) groups is 1. The summed E-state index contributed by atoms with van der Waals surface area (Å²) in [4.78, 5) is 31.8. The van der Waals surface area contributed by atoms with E-state index < -0.39 is 0 Å². The molecule has 1 aliphatic heterocycles. The Morgan fingerprint density at radius 2 is 2.04 bits per heavy atom. The van der Waals surface area contributed by atoms with E-state index in [0.29, 0.717) is 12.2 Å². The van der Waals surface area contributed by atoms with Gasteiger partial charge in [0, 0.05) is 36.0 Å². The average Bonchev–Trinajstić information content (AvgIpc) is 3.32. The summed E-state index contributed by atoms with van der Waals surface area (Å²) in [5.74, 6) is 0.788. The van der Waals surface area contributed by atoms with Crippen molar-refractivity contribution >= 4 is 5.91 Å². The maximum Gasteiger partial charge on any atom is 0.274 e. The number of benzene rings is 1. The number of aromatic amines is 1. The molecule has 6 heteroatoms. The molecule has 1 N–H and O–H groups in total. The lowest BCUT2D eigenvalue weighted by Gasteiger charge is -2.40. The number of piperidine rings is 1. The summed E-state index contributed by atoms with van der Waals surface area (Å²) in [5.41, 5.74) is 4.68. The van der Waals surface area contributed by atoms with Crippen LogP contribution in [0.4, 0.5) is 0 Å². The number of rotatable bonds is 2. The van der Waals surface area contributed by atoms with Crippen LogP contribution in [0, 0.1) is 6.92 Å². The maximum atomic E-state index is 13.0. The zero-order chi connectivity index (χ0) is 19.1. The SMILES string of the molecule is Cc1[nH]cnc1C(=O)N1CCCC2(CCc3cnc(-c4ccccc4)nc32)C1. The van der Waals surface area contributed by atoms with E-state index in [1.54, 1.807) is 6.33 Å².